The molecule has 0 aliphatic rings. The molecule has 0 spiro atoms. The number of rotatable bonds is 3. The van der Waals surface area contributed by atoms with Gasteiger partial charge in [0.15, 0.2) is 0 Å². The molecule has 5 heteroatoms. The van der Waals surface area contributed by atoms with Crippen molar-refractivity contribution in [2.24, 2.45) is 4.99 Å². The maximum atomic E-state index is 11.3. The standard InChI is InChI=1S/C9H9NO2S2/c1-6-5-14-8(9(11)12-2)7(6)10-3-4-13/h3-5H,1-2H3. The van der Waals surface area contributed by atoms with Gasteiger partial charge in [-0.25, -0.2) is 4.79 Å². The second-order valence-electron chi connectivity index (χ2n) is 2.50. The molecule has 1 rings (SSSR count). The number of ether oxygens (including phenoxy) is 1. The van der Waals surface area contributed by atoms with Gasteiger partial charge in [0.25, 0.3) is 0 Å². The molecule has 0 saturated heterocycles. The largest absolute Gasteiger partial charge is 0.465 e. The van der Waals surface area contributed by atoms with E-state index in [2.05, 4.69) is 21.9 Å². The fourth-order valence-electron chi connectivity index (χ4n) is 0.941. The minimum atomic E-state index is -0.361. The average molecular weight is 227 g/mol. The summed E-state index contributed by atoms with van der Waals surface area (Å²) < 4.78 is 4.63. The zero-order valence-electron chi connectivity index (χ0n) is 7.81. The van der Waals surface area contributed by atoms with E-state index in [9.17, 15) is 4.79 Å². The zero-order chi connectivity index (χ0) is 10.6. The molecular weight excluding hydrogens is 218 g/mol. The number of carbonyl (C=O) groups excluding carboxylic acids is 1. The number of hydrogen-bond acceptors (Lipinski definition) is 5. The van der Waals surface area contributed by atoms with Crippen molar-refractivity contribution in [2.45, 2.75) is 6.92 Å². The van der Waals surface area contributed by atoms with Crippen molar-refractivity contribution >= 4 is 46.8 Å². The van der Waals surface area contributed by atoms with Gasteiger partial charge < -0.3 is 4.74 Å². The van der Waals surface area contributed by atoms with Gasteiger partial charge in [-0.3, -0.25) is 4.99 Å². The highest BCUT2D eigenvalue weighted by molar-refractivity contribution is 7.80. The van der Waals surface area contributed by atoms with Gasteiger partial charge in [-0.2, -0.15) is 0 Å². The maximum absolute atomic E-state index is 11.3. The quantitative estimate of drug-likeness (QED) is 0.452. The highest BCUT2D eigenvalue weighted by Crippen LogP contribution is 2.30. The molecule has 0 aromatic carbocycles. The van der Waals surface area contributed by atoms with Gasteiger partial charge in [-0.15, -0.1) is 11.3 Å². The van der Waals surface area contributed by atoms with E-state index in [1.54, 1.807) is 0 Å². The van der Waals surface area contributed by atoms with Gasteiger partial charge in [0, 0.05) is 11.6 Å². The van der Waals surface area contributed by atoms with Crippen LogP contribution in [0.4, 0.5) is 5.69 Å². The van der Waals surface area contributed by atoms with E-state index >= 15 is 0 Å². The molecule has 0 atom stereocenters. The third-order valence-corrected chi connectivity index (χ3v) is 2.77. The minimum Gasteiger partial charge on any atom is -0.465 e. The van der Waals surface area contributed by atoms with Crippen LogP contribution in [0, 0.1) is 6.92 Å². The van der Waals surface area contributed by atoms with Gasteiger partial charge in [0.2, 0.25) is 0 Å². The molecule has 14 heavy (non-hydrogen) atoms. The highest BCUT2D eigenvalue weighted by atomic mass is 32.1. The summed E-state index contributed by atoms with van der Waals surface area (Å²) in [6, 6.07) is 0. The first-order chi connectivity index (χ1) is 6.70. The molecule has 1 aromatic rings. The summed E-state index contributed by atoms with van der Waals surface area (Å²) in [6.45, 7) is 1.89. The smallest absolute Gasteiger partial charge is 0.350 e. The topological polar surface area (TPSA) is 38.7 Å². The number of thiocarbonyl (C=S) groups is 1. The van der Waals surface area contributed by atoms with Crippen LogP contribution < -0.4 is 0 Å². The SMILES string of the molecule is COC(=O)c1scc(C)c1N=CC=S. The van der Waals surface area contributed by atoms with Gasteiger partial charge >= 0.3 is 5.97 Å². The normalized spacial score (nSPS) is 10.4. The number of thiophene rings is 1. The Hall–Kier alpha value is -1.07. The lowest BCUT2D eigenvalue weighted by Crippen LogP contribution is -1.98. The summed E-state index contributed by atoms with van der Waals surface area (Å²) in [5.74, 6) is -0.361. The molecule has 0 N–H and O–H groups in total. The molecule has 0 amide bonds. The summed E-state index contributed by atoms with van der Waals surface area (Å²) in [5, 5.41) is 3.26. The summed E-state index contributed by atoms with van der Waals surface area (Å²) in [6.07, 6.45) is 1.48. The van der Waals surface area contributed by atoms with Crippen molar-refractivity contribution in [1.29, 1.82) is 0 Å². The van der Waals surface area contributed by atoms with E-state index in [0.717, 1.165) is 5.56 Å². The Morgan fingerprint density at radius 3 is 3.00 bits per heavy atom. The molecular formula is C9H9NO2S2. The molecule has 3 nitrogen and oxygen atoms in total. The molecule has 0 radical (unpaired) electrons. The first kappa shape index (κ1) is 11.0. The minimum absolute atomic E-state index is 0.361. The summed E-state index contributed by atoms with van der Waals surface area (Å²) in [4.78, 5) is 15.9. The van der Waals surface area contributed by atoms with Crippen LogP contribution in [-0.4, -0.2) is 24.7 Å². The maximum Gasteiger partial charge on any atom is 0.350 e. The van der Waals surface area contributed by atoms with Crippen molar-refractivity contribution in [1.82, 2.24) is 0 Å². The Balaban J connectivity index is 3.11. The van der Waals surface area contributed by atoms with E-state index in [1.807, 2.05) is 12.3 Å². The fourth-order valence-corrected chi connectivity index (χ4v) is 1.91. The van der Waals surface area contributed by atoms with E-state index in [1.165, 1.54) is 30.0 Å². The van der Waals surface area contributed by atoms with Gasteiger partial charge in [0.05, 0.1) is 12.8 Å². The molecule has 1 heterocycles. The molecule has 0 bridgehead atoms. The van der Waals surface area contributed by atoms with Crippen LogP contribution in [0.2, 0.25) is 0 Å². The van der Waals surface area contributed by atoms with Crippen molar-refractivity contribution < 1.29 is 9.53 Å². The van der Waals surface area contributed by atoms with Crippen LogP contribution in [0.1, 0.15) is 15.2 Å². The molecule has 0 unspecified atom stereocenters. The molecule has 0 fully saturated rings. The van der Waals surface area contributed by atoms with Crippen molar-refractivity contribution in [3.63, 3.8) is 0 Å². The molecule has 74 valence electrons. The number of carbonyl (C=O) groups is 1. The number of methoxy groups -OCH3 is 1. The summed E-state index contributed by atoms with van der Waals surface area (Å²) >= 11 is 5.94. The second kappa shape index (κ2) is 4.97. The Morgan fingerprint density at radius 2 is 2.43 bits per heavy atom. The van der Waals surface area contributed by atoms with E-state index in [4.69, 9.17) is 0 Å². The molecule has 0 saturated carbocycles. The van der Waals surface area contributed by atoms with E-state index in [0.29, 0.717) is 10.6 Å². The number of esters is 1. The van der Waals surface area contributed by atoms with Gasteiger partial charge in [0.1, 0.15) is 4.88 Å². The Morgan fingerprint density at radius 1 is 1.71 bits per heavy atom. The van der Waals surface area contributed by atoms with Crippen LogP contribution in [-0.2, 0) is 4.74 Å². The van der Waals surface area contributed by atoms with Crippen molar-refractivity contribution in [3.05, 3.63) is 15.8 Å². The van der Waals surface area contributed by atoms with E-state index in [-0.39, 0.29) is 5.97 Å². The predicted octanol–water partition coefficient (Wildman–Crippen LogP) is 2.55. The zero-order valence-corrected chi connectivity index (χ0v) is 9.45. The van der Waals surface area contributed by atoms with E-state index < -0.39 is 0 Å². The average Bonchev–Trinajstić information content (AvgIpc) is 2.56. The Kier molecular flexibility index (Phi) is 3.91. The van der Waals surface area contributed by atoms with Gasteiger partial charge in [-0.1, -0.05) is 12.2 Å². The predicted molar refractivity (Wildman–Crippen MR) is 62.2 cm³/mol. The first-order valence-electron chi connectivity index (χ1n) is 3.85. The number of aliphatic imine (C=N–C) groups is 1. The lowest BCUT2D eigenvalue weighted by atomic mass is 10.3. The van der Waals surface area contributed by atoms with Gasteiger partial charge in [-0.05, 0) is 17.9 Å². The molecule has 0 aliphatic heterocycles. The number of nitrogens with zero attached hydrogens (tertiary/aromatic N) is 1. The van der Waals surface area contributed by atoms with Crippen molar-refractivity contribution in [3.8, 4) is 0 Å². The summed E-state index contributed by atoms with van der Waals surface area (Å²) in [7, 11) is 1.35. The number of hydrogen-bond donors (Lipinski definition) is 0. The second-order valence-corrected chi connectivity index (χ2v) is 3.65. The molecule has 0 aliphatic carbocycles. The molecule has 1 aromatic heterocycles. The Labute approximate surface area is 91.4 Å². The summed E-state index contributed by atoms with van der Waals surface area (Å²) in [5.41, 5.74) is 1.59. The van der Waals surface area contributed by atoms with Crippen LogP contribution in [0.3, 0.4) is 0 Å². The number of aryl methyl sites for hydroxylation is 1. The lowest BCUT2D eigenvalue weighted by molar-refractivity contribution is 0.0607. The van der Waals surface area contributed by atoms with Crippen LogP contribution in [0.15, 0.2) is 10.4 Å². The van der Waals surface area contributed by atoms with Crippen molar-refractivity contribution in [2.75, 3.05) is 7.11 Å². The Bertz CT molecular complexity index is 382. The van der Waals surface area contributed by atoms with Crippen LogP contribution >= 0.6 is 23.6 Å². The van der Waals surface area contributed by atoms with Crippen LogP contribution in [0.25, 0.3) is 0 Å². The highest BCUT2D eigenvalue weighted by Gasteiger charge is 2.15. The monoisotopic (exact) mass is 227 g/mol. The lowest BCUT2D eigenvalue weighted by Gasteiger charge is -1.97. The van der Waals surface area contributed by atoms with Crippen LogP contribution in [0.5, 0.6) is 0 Å². The fraction of sp³-hybridized carbons (Fsp3) is 0.222. The first-order valence-corrected chi connectivity index (χ1v) is 5.20. The third kappa shape index (κ3) is 2.24. The third-order valence-electron chi connectivity index (χ3n) is 1.58.